The van der Waals surface area contributed by atoms with Gasteiger partial charge in [-0.15, -0.1) is 0 Å². The number of likely N-dealkylation sites (tertiary alicyclic amines) is 2. The summed E-state index contributed by atoms with van der Waals surface area (Å²) in [5, 5.41) is 8.19. The minimum Gasteiger partial charge on any atom is -0.457 e. The van der Waals surface area contributed by atoms with E-state index in [0.29, 0.717) is 35.3 Å². The molecule has 15 nitrogen and oxygen atoms in total. The minimum absolute atomic E-state index is 0.0878. The van der Waals surface area contributed by atoms with E-state index < -0.39 is 23.8 Å². The van der Waals surface area contributed by atoms with Crippen LogP contribution in [-0.2, 0) is 14.4 Å². The summed E-state index contributed by atoms with van der Waals surface area (Å²) in [6.07, 6.45) is 9.14. The van der Waals surface area contributed by atoms with Crippen LogP contribution < -0.4 is 20.7 Å². The Kier molecular flexibility index (Phi) is 10.5. The van der Waals surface area contributed by atoms with Gasteiger partial charge in [-0.1, -0.05) is 24.3 Å². The van der Waals surface area contributed by atoms with Crippen molar-refractivity contribution in [1.29, 1.82) is 0 Å². The fraction of sp³-hybridized carbons (Fsp3) is 0.426. The van der Waals surface area contributed by atoms with Crippen LogP contribution in [-0.4, -0.2) is 116 Å². The lowest BCUT2D eigenvalue weighted by Crippen LogP contribution is -2.69. The smallest absolute Gasteiger partial charge is 0.261 e. The predicted octanol–water partition coefficient (Wildman–Crippen LogP) is 5.35. The molecule has 5 aliphatic rings. The summed E-state index contributed by atoms with van der Waals surface area (Å²) in [6, 6.07) is 23.8. The summed E-state index contributed by atoms with van der Waals surface area (Å²) in [7, 11) is 0. The van der Waals surface area contributed by atoms with Gasteiger partial charge in [0.05, 0.1) is 11.4 Å². The normalized spacial score (nSPS) is 21.4. The van der Waals surface area contributed by atoms with Gasteiger partial charge in [-0.25, -0.2) is 14.6 Å². The molecule has 0 radical (unpaired) electrons. The van der Waals surface area contributed by atoms with Crippen molar-refractivity contribution in [2.24, 2.45) is 5.41 Å². The van der Waals surface area contributed by atoms with Gasteiger partial charge in [0.15, 0.2) is 5.65 Å². The minimum atomic E-state index is -0.993. The number of nitrogens with one attached hydrogen (secondary N) is 1. The third-order valence-corrected chi connectivity index (χ3v) is 14.2. The number of aromatic nitrogens is 4. The molecule has 3 N–H and O–H groups in total. The zero-order valence-electron chi connectivity index (χ0n) is 35.0. The van der Waals surface area contributed by atoms with Gasteiger partial charge in [0, 0.05) is 74.6 Å². The Hall–Kier alpha value is -6.19. The number of nitrogens with two attached hydrogens (primary N) is 1. The van der Waals surface area contributed by atoms with Crippen LogP contribution in [0.2, 0.25) is 0 Å². The number of nitrogen functional groups attached to an aromatic ring is 1. The molecule has 3 aromatic carbocycles. The molecule has 1 spiro atoms. The Bertz CT molecular complexity index is 2500. The third kappa shape index (κ3) is 7.46. The van der Waals surface area contributed by atoms with E-state index in [1.807, 2.05) is 79.7 Å². The molecule has 4 aliphatic heterocycles. The molecular weight excluding hydrogens is 785 g/mol. The predicted molar refractivity (Wildman–Crippen MR) is 233 cm³/mol. The zero-order valence-corrected chi connectivity index (χ0v) is 35.0. The number of hydrogen-bond acceptors (Lipinski definition) is 12. The molecule has 62 heavy (non-hydrogen) atoms. The quantitative estimate of drug-likeness (QED) is 0.137. The molecule has 4 saturated heterocycles. The Morgan fingerprint density at radius 3 is 2.31 bits per heavy atom. The highest BCUT2D eigenvalue weighted by molar-refractivity contribution is 6.08. The number of carbonyl (C=O) groups is 4. The van der Waals surface area contributed by atoms with Crippen LogP contribution in [0.4, 0.5) is 11.5 Å². The van der Waals surface area contributed by atoms with E-state index >= 15 is 0 Å². The highest BCUT2D eigenvalue weighted by Gasteiger charge is 2.50. The fourth-order valence-electron chi connectivity index (χ4n) is 10.5. The van der Waals surface area contributed by atoms with E-state index in [0.717, 1.165) is 102 Å². The first-order valence-corrected chi connectivity index (χ1v) is 21.9. The largest absolute Gasteiger partial charge is 0.457 e. The van der Waals surface area contributed by atoms with Gasteiger partial charge in [0.2, 0.25) is 18.2 Å². The lowest BCUT2D eigenvalue weighted by molar-refractivity contribution is -0.139. The molecule has 10 rings (SSSR count). The molecule has 1 aliphatic carbocycles. The van der Waals surface area contributed by atoms with Gasteiger partial charge < -0.3 is 20.3 Å². The number of nitrogens with zero attached hydrogens (tertiary/aromatic N) is 8. The van der Waals surface area contributed by atoms with Crippen molar-refractivity contribution in [3.05, 3.63) is 90.3 Å². The number of ether oxygens (including phenoxy) is 1. The number of carbonyl (C=O) groups excluding carboxylic acids is 4. The van der Waals surface area contributed by atoms with Crippen molar-refractivity contribution in [1.82, 2.24) is 39.8 Å². The first kappa shape index (κ1) is 39.9. The van der Waals surface area contributed by atoms with Crippen LogP contribution in [0.15, 0.2) is 79.1 Å². The van der Waals surface area contributed by atoms with Crippen molar-refractivity contribution in [2.75, 3.05) is 49.9 Å². The Morgan fingerprint density at radius 2 is 1.60 bits per heavy atom. The number of piperidine rings is 2. The summed E-state index contributed by atoms with van der Waals surface area (Å²) in [6.45, 7) is 7.95. The van der Waals surface area contributed by atoms with Gasteiger partial charge in [-0.2, -0.15) is 5.10 Å². The number of amides is 4. The number of para-hydroxylation sites is 1. The first-order chi connectivity index (χ1) is 30.1. The summed E-state index contributed by atoms with van der Waals surface area (Å²) in [4.78, 5) is 67.2. The second-order valence-corrected chi connectivity index (χ2v) is 17.9. The Morgan fingerprint density at radius 1 is 0.871 bits per heavy atom. The number of benzene rings is 3. The standard InChI is InChI=1S/C47H52N10O5/c1-30-7-10-34(23-38(30)46(61)56(29-58)39-13-14-40(59)51-45(39)60)54-24-35(25-54)55-26-47(27-55)19-15-32(16-20-47)53-21-17-33(18-22-53)57-44-41(43(48)49-28-50-44)42(52-57)31-8-11-37(12-9-31)62-36-5-3-2-4-6-36/h2-12,23,28-29,32-33,35,39H,13-22,24-27H2,1H3,(H2,48,49,50)(H,51,59,60). The first-order valence-electron chi connectivity index (χ1n) is 21.9. The number of hydrogen-bond donors (Lipinski definition) is 2. The zero-order chi connectivity index (χ0) is 42.5. The number of rotatable bonds is 10. The van der Waals surface area contributed by atoms with Crippen molar-refractivity contribution in [2.45, 2.75) is 82.5 Å². The van der Waals surface area contributed by atoms with Crippen LogP contribution in [0.1, 0.15) is 73.3 Å². The maximum absolute atomic E-state index is 13.5. The fourth-order valence-corrected chi connectivity index (χ4v) is 10.5. The molecule has 0 bridgehead atoms. The van der Waals surface area contributed by atoms with E-state index in [2.05, 4.69) is 34.7 Å². The van der Waals surface area contributed by atoms with Crippen molar-refractivity contribution in [3.63, 3.8) is 0 Å². The van der Waals surface area contributed by atoms with Crippen molar-refractivity contribution >= 4 is 46.7 Å². The summed E-state index contributed by atoms with van der Waals surface area (Å²) < 4.78 is 8.12. The Labute approximate surface area is 360 Å². The van der Waals surface area contributed by atoms with Crippen molar-refractivity contribution in [3.8, 4) is 22.8 Å². The van der Waals surface area contributed by atoms with Gasteiger partial charge in [-0.05, 0) is 111 Å². The summed E-state index contributed by atoms with van der Waals surface area (Å²) in [5.74, 6) is 0.440. The highest BCUT2D eigenvalue weighted by Crippen LogP contribution is 2.47. The van der Waals surface area contributed by atoms with E-state index in [-0.39, 0.29) is 18.9 Å². The van der Waals surface area contributed by atoms with Gasteiger partial charge in [-0.3, -0.25) is 34.3 Å². The molecule has 5 aromatic rings. The molecule has 1 atom stereocenters. The maximum atomic E-state index is 13.5. The van der Waals surface area contributed by atoms with Gasteiger partial charge >= 0.3 is 0 Å². The monoisotopic (exact) mass is 836 g/mol. The van der Waals surface area contributed by atoms with Gasteiger partial charge in [0.1, 0.15) is 35.4 Å². The van der Waals surface area contributed by atoms with E-state index in [1.165, 1.54) is 32.0 Å². The average Bonchev–Trinajstić information content (AvgIpc) is 3.66. The lowest BCUT2D eigenvalue weighted by atomic mass is 9.66. The van der Waals surface area contributed by atoms with E-state index in [1.54, 1.807) is 0 Å². The van der Waals surface area contributed by atoms with E-state index in [4.69, 9.17) is 15.6 Å². The van der Waals surface area contributed by atoms with Crippen LogP contribution >= 0.6 is 0 Å². The van der Waals surface area contributed by atoms with Crippen LogP contribution in [0, 0.1) is 12.3 Å². The van der Waals surface area contributed by atoms with Crippen molar-refractivity contribution < 1.29 is 23.9 Å². The lowest BCUT2D eigenvalue weighted by Gasteiger charge is -2.60. The van der Waals surface area contributed by atoms with Gasteiger partial charge in [0.25, 0.3) is 5.91 Å². The van der Waals surface area contributed by atoms with Crippen LogP contribution in [0.25, 0.3) is 22.3 Å². The van der Waals surface area contributed by atoms with E-state index in [9.17, 15) is 19.2 Å². The number of aryl methyl sites for hydroxylation is 1. The number of anilines is 2. The average molecular weight is 837 g/mol. The molecular formula is C47H52N10O5. The van der Waals surface area contributed by atoms with Crippen LogP contribution in [0.5, 0.6) is 11.5 Å². The second-order valence-electron chi connectivity index (χ2n) is 17.9. The molecule has 15 heteroatoms. The molecule has 2 aromatic heterocycles. The molecule has 5 fully saturated rings. The van der Waals surface area contributed by atoms with Crippen LogP contribution in [0.3, 0.4) is 0 Å². The topological polar surface area (TPSA) is 172 Å². The summed E-state index contributed by atoms with van der Waals surface area (Å²) in [5.41, 5.74) is 11.5. The third-order valence-electron chi connectivity index (χ3n) is 14.2. The highest BCUT2D eigenvalue weighted by atomic mass is 16.5. The number of fused-ring (bicyclic) bond motifs is 1. The SMILES string of the molecule is Cc1ccc(N2CC(N3CC4(CCC(N5CCC(n6nc(-c7ccc(Oc8ccccc8)cc7)c7c(N)ncnc76)CC5)CC4)C3)C2)cc1C(=O)N(C=O)C1CCC(=O)NC1=O. The maximum Gasteiger partial charge on any atom is 0.261 e. The number of imide groups is 2. The molecule has 6 heterocycles. The molecule has 1 unspecified atom stereocenters. The molecule has 4 amide bonds. The second kappa shape index (κ2) is 16.3. The molecule has 320 valence electrons. The Balaban J connectivity index is 0.708. The molecule has 1 saturated carbocycles. The summed E-state index contributed by atoms with van der Waals surface area (Å²) >= 11 is 0.